The fourth-order valence-corrected chi connectivity index (χ4v) is 5.36. The molecule has 0 saturated heterocycles. The molecule has 2 rings (SSSR count). The first kappa shape index (κ1) is 30.9. The van der Waals surface area contributed by atoms with Crippen LogP contribution in [0, 0.1) is 34.5 Å². The second-order valence-corrected chi connectivity index (χ2v) is 12.9. The van der Waals surface area contributed by atoms with E-state index in [1.165, 1.54) is 26.7 Å². The number of rotatable bonds is 6. The second kappa shape index (κ2) is 12.7. The minimum atomic E-state index is -1.02. The van der Waals surface area contributed by atoms with Gasteiger partial charge in [-0.05, 0) is 86.9 Å². The van der Waals surface area contributed by atoms with Gasteiger partial charge in [-0.2, -0.15) is 0 Å². The lowest BCUT2D eigenvalue weighted by Crippen LogP contribution is -2.40. The van der Waals surface area contributed by atoms with Gasteiger partial charge in [0.15, 0.2) is 0 Å². The van der Waals surface area contributed by atoms with Gasteiger partial charge < -0.3 is 19.7 Å². The zero-order chi connectivity index (χ0) is 26.4. The largest absolute Gasteiger partial charge is 0.460 e. The Morgan fingerprint density at radius 1 is 0.676 bits per heavy atom. The van der Waals surface area contributed by atoms with E-state index in [9.17, 15) is 19.8 Å². The molecule has 0 aliphatic heterocycles. The predicted molar refractivity (Wildman–Crippen MR) is 135 cm³/mol. The molecule has 2 saturated carbocycles. The summed E-state index contributed by atoms with van der Waals surface area (Å²) in [6.45, 7) is 20.5. The molecule has 2 aliphatic rings. The molecule has 6 atom stereocenters. The maximum atomic E-state index is 11.5. The van der Waals surface area contributed by atoms with E-state index in [0.717, 1.165) is 25.7 Å². The van der Waals surface area contributed by atoms with E-state index in [0.29, 0.717) is 23.7 Å². The first-order chi connectivity index (χ1) is 15.5. The number of esters is 2. The lowest BCUT2D eigenvalue weighted by atomic mass is 9.68. The molecule has 0 aromatic rings. The summed E-state index contributed by atoms with van der Waals surface area (Å²) in [5.41, 5.74) is 0.462. The summed E-state index contributed by atoms with van der Waals surface area (Å²) >= 11 is 0. The normalized spacial score (nSPS) is 30.1. The van der Waals surface area contributed by atoms with Crippen molar-refractivity contribution in [2.45, 2.75) is 132 Å². The third kappa shape index (κ3) is 9.85. The third-order valence-electron chi connectivity index (χ3n) is 7.70. The number of ether oxygens (including phenoxy) is 2. The molecule has 0 unspecified atom stereocenters. The molecular weight excluding hydrogens is 432 g/mol. The van der Waals surface area contributed by atoms with Gasteiger partial charge in [-0.25, -0.2) is 9.59 Å². The van der Waals surface area contributed by atoms with Crippen LogP contribution in [0.4, 0.5) is 0 Å². The highest BCUT2D eigenvalue weighted by atomic mass is 16.6. The molecule has 34 heavy (non-hydrogen) atoms. The number of aliphatic hydroxyl groups is 2. The first-order valence-corrected chi connectivity index (χ1v) is 13.2. The van der Waals surface area contributed by atoms with Gasteiger partial charge in [0, 0.05) is 0 Å². The monoisotopic (exact) mass is 484 g/mol. The second-order valence-electron chi connectivity index (χ2n) is 12.9. The molecule has 200 valence electrons. The predicted octanol–water partition coefficient (Wildman–Crippen LogP) is 5.52. The van der Waals surface area contributed by atoms with Gasteiger partial charge in [-0.3, -0.25) is 0 Å². The van der Waals surface area contributed by atoms with E-state index < -0.39 is 24.1 Å². The fourth-order valence-electron chi connectivity index (χ4n) is 5.36. The molecule has 6 nitrogen and oxygen atoms in total. The van der Waals surface area contributed by atoms with Crippen molar-refractivity contribution in [3.05, 3.63) is 0 Å². The van der Waals surface area contributed by atoms with Gasteiger partial charge in [-0.15, -0.1) is 0 Å². The number of hydrogen-bond acceptors (Lipinski definition) is 6. The molecule has 0 radical (unpaired) electrons. The van der Waals surface area contributed by atoms with Gasteiger partial charge in [0.25, 0.3) is 0 Å². The number of carbonyl (C=O) groups is 2. The maximum absolute atomic E-state index is 11.5. The van der Waals surface area contributed by atoms with Crippen LogP contribution in [0.25, 0.3) is 0 Å². The zero-order valence-electron chi connectivity index (χ0n) is 23.4. The molecular formula is C28H52O6. The van der Waals surface area contributed by atoms with Gasteiger partial charge in [0.1, 0.15) is 24.4 Å². The molecule has 0 heterocycles. The van der Waals surface area contributed by atoms with Crippen LogP contribution in [0.1, 0.15) is 108 Å². The van der Waals surface area contributed by atoms with Gasteiger partial charge in [0.05, 0.1) is 0 Å². The van der Waals surface area contributed by atoms with E-state index in [2.05, 4.69) is 55.4 Å². The summed E-state index contributed by atoms with van der Waals surface area (Å²) in [6, 6.07) is 0. The molecule has 2 aliphatic carbocycles. The maximum Gasteiger partial charge on any atom is 0.334 e. The highest BCUT2D eigenvalue weighted by Crippen LogP contribution is 2.43. The lowest BCUT2D eigenvalue weighted by Gasteiger charge is -2.42. The van der Waals surface area contributed by atoms with Crippen molar-refractivity contribution in [3.63, 3.8) is 0 Å². The van der Waals surface area contributed by atoms with Crippen molar-refractivity contribution >= 4 is 11.9 Å². The molecule has 0 spiro atoms. The van der Waals surface area contributed by atoms with E-state index in [1.54, 1.807) is 0 Å². The van der Waals surface area contributed by atoms with Crippen LogP contribution < -0.4 is 0 Å². The minimum absolute atomic E-state index is 0.0409. The van der Waals surface area contributed by atoms with Crippen molar-refractivity contribution in [2.24, 2.45) is 34.5 Å². The Hall–Kier alpha value is -1.14. The van der Waals surface area contributed by atoms with E-state index in [4.69, 9.17) is 9.47 Å². The van der Waals surface area contributed by atoms with Gasteiger partial charge in [0.2, 0.25) is 0 Å². The molecule has 0 aromatic carbocycles. The molecule has 2 N–H and O–H groups in total. The minimum Gasteiger partial charge on any atom is -0.460 e. The van der Waals surface area contributed by atoms with E-state index in [1.807, 2.05) is 0 Å². The highest BCUT2D eigenvalue weighted by Gasteiger charge is 2.40. The summed E-state index contributed by atoms with van der Waals surface area (Å²) in [4.78, 5) is 23.0. The van der Waals surface area contributed by atoms with Crippen molar-refractivity contribution < 1.29 is 29.3 Å². The SMILES string of the molecule is CC(C)[C@@H]1CCC(C)(C)C[C@H]1OC(=O)[C@H](C)O.CC(C)[C@H]1CCC(C)(C)C[C@@H]1OC(=O)[C@H](C)O. The molecule has 6 heteroatoms. The highest BCUT2D eigenvalue weighted by molar-refractivity contribution is 5.74. The van der Waals surface area contributed by atoms with Crippen LogP contribution >= 0.6 is 0 Å². The van der Waals surface area contributed by atoms with Crippen molar-refractivity contribution in [1.29, 1.82) is 0 Å². The van der Waals surface area contributed by atoms with Crippen molar-refractivity contribution in [2.75, 3.05) is 0 Å². The van der Waals surface area contributed by atoms with Crippen molar-refractivity contribution in [1.82, 2.24) is 0 Å². The topological polar surface area (TPSA) is 93.1 Å². The fraction of sp³-hybridized carbons (Fsp3) is 0.929. The molecule has 0 aromatic heterocycles. The summed E-state index contributed by atoms with van der Waals surface area (Å²) < 4.78 is 10.9. The smallest absolute Gasteiger partial charge is 0.334 e. The van der Waals surface area contributed by atoms with Crippen LogP contribution in [-0.2, 0) is 19.1 Å². The van der Waals surface area contributed by atoms with Gasteiger partial charge in [-0.1, -0.05) is 55.4 Å². The Morgan fingerprint density at radius 2 is 0.971 bits per heavy atom. The van der Waals surface area contributed by atoms with Crippen LogP contribution in [0.2, 0.25) is 0 Å². The molecule has 0 amide bonds. The van der Waals surface area contributed by atoms with Crippen LogP contribution in [0.15, 0.2) is 0 Å². The number of aliphatic hydroxyl groups excluding tert-OH is 2. The van der Waals surface area contributed by atoms with E-state index >= 15 is 0 Å². The average Bonchev–Trinajstić information content (AvgIpc) is 2.66. The third-order valence-corrected chi connectivity index (χ3v) is 7.70. The van der Waals surface area contributed by atoms with Crippen molar-refractivity contribution in [3.8, 4) is 0 Å². The summed E-state index contributed by atoms with van der Waals surface area (Å²) in [5.74, 6) is 0.893. The van der Waals surface area contributed by atoms with E-state index in [-0.39, 0.29) is 23.0 Å². The Balaban J connectivity index is 0.000000340. The Morgan fingerprint density at radius 3 is 1.21 bits per heavy atom. The molecule has 2 fully saturated rings. The number of hydrogen-bond donors (Lipinski definition) is 2. The Kier molecular flexibility index (Phi) is 11.5. The Bertz CT molecular complexity index is 593. The Labute approximate surface area is 208 Å². The number of carbonyl (C=O) groups excluding carboxylic acids is 2. The molecule has 0 bridgehead atoms. The van der Waals surface area contributed by atoms with Gasteiger partial charge >= 0.3 is 11.9 Å². The zero-order valence-corrected chi connectivity index (χ0v) is 23.4. The van der Waals surface area contributed by atoms with Crippen LogP contribution in [0.3, 0.4) is 0 Å². The quantitative estimate of drug-likeness (QED) is 0.482. The summed E-state index contributed by atoms with van der Waals surface area (Å²) in [6.07, 6.45) is 4.23. The average molecular weight is 485 g/mol. The lowest BCUT2D eigenvalue weighted by molar-refractivity contribution is -0.167. The standard InChI is InChI=1S/2C14H26O3/c2*1-9(2)11-6-7-14(4,5)8-12(11)17-13(16)10(3)15/h2*9-12,15H,6-8H2,1-5H3/t10-,11+,12-;10-,11-,12+/m00/s1. The first-order valence-electron chi connectivity index (χ1n) is 13.2. The summed E-state index contributed by atoms with van der Waals surface area (Å²) in [7, 11) is 0. The van der Waals surface area contributed by atoms with Crippen LogP contribution in [0.5, 0.6) is 0 Å². The summed E-state index contributed by atoms with van der Waals surface area (Å²) in [5, 5.41) is 18.5. The van der Waals surface area contributed by atoms with Crippen LogP contribution in [-0.4, -0.2) is 46.6 Å².